The van der Waals surface area contributed by atoms with Crippen molar-refractivity contribution in [1.29, 1.82) is 0 Å². The van der Waals surface area contributed by atoms with Crippen molar-refractivity contribution in [2.45, 2.75) is 0 Å². The summed E-state index contributed by atoms with van der Waals surface area (Å²) in [6, 6.07) is 16.3. The highest BCUT2D eigenvalue weighted by molar-refractivity contribution is 5.59. The second kappa shape index (κ2) is 4.45. The van der Waals surface area contributed by atoms with Gasteiger partial charge in [-0.2, -0.15) is 5.10 Å². The lowest BCUT2D eigenvalue weighted by Gasteiger charge is -2.02. The van der Waals surface area contributed by atoms with Crippen molar-refractivity contribution >= 4 is 5.82 Å². The summed E-state index contributed by atoms with van der Waals surface area (Å²) in [7, 11) is 0. The maximum absolute atomic E-state index is 11.3. The lowest BCUT2D eigenvalue weighted by Crippen LogP contribution is -2.04. The van der Waals surface area contributed by atoms with Gasteiger partial charge >= 0.3 is 0 Å². The molecule has 0 saturated carbocycles. The highest BCUT2D eigenvalue weighted by Crippen LogP contribution is 2.20. The number of hydrogen-bond acceptors (Lipinski definition) is 3. The average molecular weight is 252 g/mol. The molecular weight excluding hydrogens is 240 g/mol. The molecule has 5 nitrogen and oxygen atoms in total. The summed E-state index contributed by atoms with van der Waals surface area (Å²) >= 11 is 0. The molecule has 0 saturated heterocycles. The molecule has 2 heterocycles. The molecule has 5 heteroatoms. The smallest absolute Gasteiger partial charge is 0.248 e. The van der Waals surface area contributed by atoms with Gasteiger partial charge in [-0.15, -0.1) is 0 Å². The molecule has 0 aliphatic heterocycles. The SMILES string of the molecule is Nc1cc(-c2cccc(=O)[nH]2)nn1-c1ccccc1. The molecule has 1 aromatic carbocycles. The molecule has 0 unspecified atom stereocenters. The van der Waals surface area contributed by atoms with E-state index >= 15 is 0 Å². The van der Waals surface area contributed by atoms with E-state index in [0.29, 0.717) is 17.2 Å². The Hall–Kier alpha value is -2.82. The van der Waals surface area contributed by atoms with Gasteiger partial charge in [0, 0.05) is 12.1 Å². The Morgan fingerprint density at radius 2 is 1.84 bits per heavy atom. The number of nitrogen functional groups attached to an aromatic ring is 1. The predicted molar refractivity (Wildman–Crippen MR) is 74.0 cm³/mol. The van der Waals surface area contributed by atoms with Gasteiger partial charge in [0.25, 0.3) is 0 Å². The van der Waals surface area contributed by atoms with Crippen LogP contribution >= 0.6 is 0 Å². The number of aromatic nitrogens is 3. The van der Waals surface area contributed by atoms with Crippen LogP contribution in [0.2, 0.25) is 0 Å². The second-order valence-corrected chi connectivity index (χ2v) is 4.13. The number of hydrogen-bond donors (Lipinski definition) is 2. The van der Waals surface area contributed by atoms with E-state index in [1.54, 1.807) is 22.9 Å². The number of aromatic amines is 1. The lowest BCUT2D eigenvalue weighted by atomic mass is 10.3. The minimum Gasteiger partial charge on any atom is -0.384 e. The van der Waals surface area contributed by atoms with Crippen LogP contribution < -0.4 is 11.3 Å². The van der Waals surface area contributed by atoms with Crippen LogP contribution in [0.4, 0.5) is 5.82 Å². The van der Waals surface area contributed by atoms with E-state index in [1.165, 1.54) is 6.07 Å². The van der Waals surface area contributed by atoms with E-state index < -0.39 is 0 Å². The van der Waals surface area contributed by atoms with Crippen LogP contribution in [-0.2, 0) is 0 Å². The summed E-state index contributed by atoms with van der Waals surface area (Å²) in [5.74, 6) is 0.519. The number of rotatable bonds is 2. The number of para-hydroxylation sites is 1. The van der Waals surface area contributed by atoms with Crippen LogP contribution in [0.1, 0.15) is 0 Å². The van der Waals surface area contributed by atoms with Gasteiger partial charge in [-0.25, -0.2) is 4.68 Å². The van der Waals surface area contributed by atoms with Crippen LogP contribution in [-0.4, -0.2) is 14.8 Å². The molecule has 2 aromatic heterocycles. The Bertz CT molecular complexity index is 758. The van der Waals surface area contributed by atoms with Gasteiger partial charge in [0.05, 0.1) is 11.4 Å². The third-order valence-corrected chi connectivity index (χ3v) is 2.78. The topological polar surface area (TPSA) is 76.7 Å². The van der Waals surface area contributed by atoms with E-state index in [9.17, 15) is 4.79 Å². The Balaban J connectivity index is 2.10. The molecule has 0 spiro atoms. The van der Waals surface area contributed by atoms with Crippen molar-refractivity contribution < 1.29 is 0 Å². The second-order valence-electron chi connectivity index (χ2n) is 4.13. The van der Waals surface area contributed by atoms with Crippen molar-refractivity contribution in [3.05, 3.63) is 65.0 Å². The van der Waals surface area contributed by atoms with Gasteiger partial charge in [-0.1, -0.05) is 24.3 Å². The van der Waals surface area contributed by atoms with E-state index in [-0.39, 0.29) is 5.56 Å². The fourth-order valence-electron chi connectivity index (χ4n) is 1.90. The van der Waals surface area contributed by atoms with Crippen molar-refractivity contribution in [3.8, 4) is 17.1 Å². The van der Waals surface area contributed by atoms with Crippen molar-refractivity contribution in [3.63, 3.8) is 0 Å². The zero-order valence-electron chi connectivity index (χ0n) is 10.1. The minimum atomic E-state index is -0.162. The normalized spacial score (nSPS) is 10.5. The molecule has 19 heavy (non-hydrogen) atoms. The van der Waals surface area contributed by atoms with Crippen LogP contribution in [0.15, 0.2) is 59.4 Å². The molecule has 0 aliphatic rings. The minimum absolute atomic E-state index is 0.162. The zero-order chi connectivity index (χ0) is 13.2. The first kappa shape index (κ1) is 11.3. The molecule has 0 amide bonds. The van der Waals surface area contributed by atoms with E-state index in [4.69, 9.17) is 5.73 Å². The fourth-order valence-corrected chi connectivity index (χ4v) is 1.90. The lowest BCUT2D eigenvalue weighted by molar-refractivity contribution is 0.892. The zero-order valence-corrected chi connectivity index (χ0v) is 10.1. The molecule has 0 radical (unpaired) electrons. The maximum Gasteiger partial charge on any atom is 0.248 e. The van der Waals surface area contributed by atoms with Gasteiger partial charge in [-0.3, -0.25) is 4.79 Å². The summed E-state index contributed by atoms with van der Waals surface area (Å²) in [6.45, 7) is 0. The van der Waals surface area contributed by atoms with Gasteiger partial charge in [0.15, 0.2) is 0 Å². The highest BCUT2D eigenvalue weighted by Gasteiger charge is 2.08. The average Bonchev–Trinajstić information content (AvgIpc) is 2.82. The van der Waals surface area contributed by atoms with Crippen molar-refractivity contribution in [2.75, 3.05) is 5.73 Å². The molecule has 0 atom stereocenters. The number of H-pyrrole nitrogens is 1. The number of anilines is 1. The Kier molecular flexibility index (Phi) is 2.64. The summed E-state index contributed by atoms with van der Waals surface area (Å²) in [5, 5.41) is 4.41. The first-order valence-corrected chi connectivity index (χ1v) is 5.85. The van der Waals surface area contributed by atoms with E-state index in [1.807, 2.05) is 30.3 Å². The highest BCUT2D eigenvalue weighted by atomic mass is 16.1. The quantitative estimate of drug-likeness (QED) is 0.730. The molecule has 3 N–H and O–H groups in total. The number of pyridine rings is 1. The molecular formula is C14H12N4O. The third kappa shape index (κ3) is 2.13. The largest absolute Gasteiger partial charge is 0.384 e. The molecule has 0 aliphatic carbocycles. The van der Waals surface area contributed by atoms with Crippen LogP contribution in [0.25, 0.3) is 17.1 Å². The van der Waals surface area contributed by atoms with E-state index in [0.717, 1.165) is 5.69 Å². The Morgan fingerprint density at radius 1 is 1.05 bits per heavy atom. The Morgan fingerprint density at radius 3 is 2.58 bits per heavy atom. The summed E-state index contributed by atoms with van der Waals surface area (Å²) < 4.78 is 1.64. The third-order valence-electron chi connectivity index (χ3n) is 2.78. The summed E-state index contributed by atoms with van der Waals surface area (Å²) in [5.41, 5.74) is 7.96. The first-order chi connectivity index (χ1) is 9.24. The van der Waals surface area contributed by atoms with Gasteiger partial charge in [0.1, 0.15) is 11.5 Å². The number of nitrogens with two attached hydrogens (primary N) is 1. The maximum atomic E-state index is 11.3. The van der Waals surface area contributed by atoms with Crippen LogP contribution in [0.3, 0.4) is 0 Å². The molecule has 0 bridgehead atoms. The van der Waals surface area contributed by atoms with Crippen molar-refractivity contribution in [1.82, 2.24) is 14.8 Å². The fraction of sp³-hybridized carbons (Fsp3) is 0. The molecule has 3 rings (SSSR count). The van der Waals surface area contributed by atoms with Gasteiger partial charge in [0.2, 0.25) is 5.56 Å². The summed E-state index contributed by atoms with van der Waals surface area (Å²) in [4.78, 5) is 14.0. The van der Waals surface area contributed by atoms with E-state index in [2.05, 4.69) is 10.1 Å². The monoisotopic (exact) mass is 252 g/mol. The number of nitrogens with zero attached hydrogens (tertiary/aromatic N) is 2. The first-order valence-electron chi connectivity index (χ1n) is 5.85. The van der Waals surface area contributed by atoms with Crippen molar-refractivity contribution in [2.24, 2.45) is 0 Å². The molecule has 94 valence electrons. The molecule has 3 aromatic rings. The predicted octanol–water partition coefficient (Wildman–Crippen LogP) is 1.81. The number of nitrogens with one attached hydrogen (secondary N) is 1. The van der Waals surface area contributed by atoms with Gasteiger partial charge in [-0.05, 0) is 18.2 Å². The van der Waals surface area contributed by atoms with Crippen LogP contribution in [0.5, 0.6) is 0 Å². The van der Waals surface area contributed by atoms with Gasteiger partial charge < -0.3 is 10.7 Å². The standard InChI is InChI=1S/C14H12N4O/c15-13-9-12(11-7-4-8-14(19)16-11)17-18(13)10-5-2-1-3-6-10/h1-9H,15H2,(H,16,19). The Labute approximate surface area is 109 Å². The molecule has 0 fully saturated rings. The van der Waals surface area contributed by atoms with Crippen LogP contribution in [0, 0.1) is 0 Å². The number of benzene rings is 1. The summed E-state index contributed by atoms with van der Waals surface area (Å²) in [6.07, 6.45) is 0.